The molecule has 1 aliphatic heterocycles. The topological polar surface area (TPSA) is 213 Å². The second-order valence-electron chi connectivity index (χ2n) is 7.75. The highest BCUT2D eigenvalue weighted by atomic mass is 31.3. The maximum absolute atomic E-state index is 12.7. The first-order chi connectivity index (χ1) is 14.1. The van der Waals surface area contributed by atoms with Crippen molar-refractivity contribution in [3.05, 3.63) is 22.7 Å². The number of aliphatic hydroxyl groups is 2. The maximum atomic E-state index is 12.7. The molecular formula is C14H27N4O11P2+. The summed E-state index contributed by atoms with van der Waals surface area (Å²) >= 11 is 0. The van der Waals surface area contributed by atoms with Gasteiger partial charge in [-0.2, -0.15) is 9.29 Å². The summed E-state index contributed by atoms with van der Waals surface area (Å²) < 4.78 is 44.6. The average Bonchev–Trinajstić information content (AvgIpc) is 2.86. The molecule has 0 amide bonds. The molecule has 0 radical (unpaired) electrons. The van der Waals surface area contributed by atoms with Gasteiger partial charge < -0.3 is 35.0 Å². The Morgan fingerprint density at radius 1 is 1.23 bits per heavy atom. The number of hydrogen-bond donors (Lipinski definition) is 5. The molecule has 0 spiro atoms. The van der Waals surface area contributed by atoms with Gasteiger partial charge in [-0.15, -0.1) is 0 Å². The Bertz CT molecular complexity index is 914. The van der Waals surface area contributed by atoms with Gasteiger partial charge in [0.15, 0.2) is 6.23 Å². The Labute approximate surface area is 177 Å². The van der Waals surface area contributed by atoms with E-state index in [-0.39, 0.29) is 12.4 Å². The number of nitrogens with zero attached hydrogens (tertiary/aromatic N) is 3. The van der Waals surface area contributed by atoms with Gasteiger partial charge in [0.05, 0.1) is 27.7 Å². The largest absolute Gasteiger partial charge is 0.484 e. The van der Waals surface area contributed by atoms with E-state index in [2.05, 4.69) is 9.29 Å². The molecule has 0 saturated carbocycles. The number of anilines is 1. The van der Waals surface area contributed by atoms with Crippen molar-refractivity contribution in [2.24, 2.45) is 0 Å². The van der Waals surface area contributed by atoms with Crippen molar-refractivity contribution in [1.29, 1.82) is 0 Å². The lowest BCUT2D eigenvalue weighted by molar-refractivity contribution is -0.870. The Morgan fingerprint density at radius 2 is 1.87 bits per heavy atom. The predicted molar refractivity (Wildman–Crippen MR) is 104 cm³/mol. The molecule has 0 aliphatic carbocycles. The summed E-state index contributed by atoms with van der Waals surface area (Å²) in [6, 6.07) is 1.28. The van der Waals surface area contributed by atoms with Gasteiger partial charge in [0.1, 0.15) is 37.3 Å². The van der Waals surface area contributed by atoms with Crippen LogP contribution in [0.1, 0.15) is 6.23 Å². The van der Waals surface area contributed by atoms with Gasteiger partial charge in [0.2, 0.25) is 0 Å². The Morgan fingerprint density at radius 3 is 2.42 bits per heavy atom. The Kier molecular flexibility index (Phi) is 8.17. The minimum Gasteiger partial charge on any atom is -0.387 e. The number of hydrogen-bond acceptors (Lipinski definition) is 11. The van der Waals surface area contributed by atoms with Crippen LogP contribution >= 0.6 is 15.6 Å². The smallest absolute Gasteiger partial charge is 0.387 e. The summed E-state index contributed by atoms with van der Waals surface area (Å²) in [6.45, 7) is -0.672. The minimum absolute atomic E-state index is 0.0595. The lowest BCUT2D eigenvalue weighted by Gasteiger charge is -2.25. The number of phosphoric acid groups is 2. The van der Waals surface area contributed by atoms with Gasteiger partial charge in [-0.3, -0.25) is 13.6 Å². The number of likely N-dealkylation sites (N-methyl/N-ethyl adjacent to an activating group) is 1. The van der Waals surface area contributed by atoms with Crippen molar-refractivity contribution in [3.63, 3.8) is 0 Å². The number of quaternary nitrogens is 1. The van der Waals surface area contributed by atoms with Crippen LogP contribution < -0.4 is 11.4 Å². The highest BCUT2D eigenvalue weighted by molar-refractivity contribution is 7.61. The van der Waals surface area contributed by atoms with Crippen LogP contribution in [-0.4, -0.2) is 93.2 Å². The van der Waals surface area contributed by atoms with Gasteiger partial charge in [0.25, 0.3) is 0 Å². The number of nitrogens with two attached hydrogens (primary N) is 1. The molecule has 0 aromatic carbocycles. The monoisotopic (exact) mass is 489 g/mol. The summed E-state index contributed by atoms with van der Waals surface area (Å²) in [5.41, 5.74) is 4.56. The average molecular weight is 489 g/mol. The van der Waals surface area contributed by atoms with E-state index in [1.54, 1.807) is 21.1 Å². The minimum atomic E-state index is -5.26. The first-order valence-electron chi connectivity index (χ1n) is 8.93. The van der Waals surface area contributed by atoms with Crippen LogP contribution in [0.25, 0.3) is 0 Å². The van der Waals surface area contributed by atoms with Crippen LogP contribution in [0.5, 0.6) is 0 Å². The molecule has 2 heterocycles. The van der Waals surface area contributed by atoms with E-state index in [1.165, 1.54) is 12.3 Å². The molecule has 1 fully saturated rings. The lowest BCUT2D eigenvalue weighted by Crippen LogP contribution is -2.37. The van der Waals surface area contributed by atoms with Crippen LogP contribution in [0.2, 0.25) is 0 Å². The number of phosphoric ester groups is 1. The molecular weight excluding hydrogens is 462 g/mol. The predicted octanol–water partition coefficient (Wildman–Crippen LogP) is -1.60. The zero-order chi connectivity index (χ0) is 23.6. The standard InChI is InChI=1S/C14H26N4O11P2/c1-18(2,3)6-7-26-31(25,29-30(22,23)24)27-8-9-11(19)12(20)13(28-9)17-5-4-10(15)16-14(17)21/h4-5,9,11-13,19-20H,6-8H2,1-3H3,(H3-,15,16,21,22,23,24)/p+1/t9-,11?,12?,13-,31?/m1/s1. The molecule has 31 heavy (non-hydrogen) atoms. The third-order valence-corrected chi connectivity index (χ3v) is 6.69. The van der Waals surface area contributed by atoms with Crippen molar-refractivity contribution in [1.82, 2.24) is 9.55 Å². The van der Waals surface area contributed by atoms with Crippen LogP contribution in [0.4, 0.5) is 5.82 Å². The zero-order valence-corrected chi connectivity index (χ0v) is 18.8. The molecule has 1 aromatic heterocycles. The van der Waals surface area contributed by atoms with Crippen molar-refractivity contribution >= 4 is 21.5 Å². The number of aromatic nitrogens is 2. The molecule has 1 aliphatic rings. The number of rotatable bonds is 10. The van der Waals surface area contributed by atoms with Crippen molar-refractivity contribution in [2.45, 2.75) is 24.5 Å². The first kappa shape index (κ1) is 26.0. The molecule has 5 atom stereocenters. The quantitative estimate of drug-likeness (QED) is 0.185. The maximum Gasteiger partial charge on any atom is 0.484 e. The van der Waals surface area contributed by atoms with E-state index in [0.717, 1.165) is 4.57 Å². The number of aliphatic hydroxyl groups excluding tert-OH is 2. The Balaban J connectivity index is 2.10. The third kappa shape index (κ3) is 7.70. The van der Waals surface area contributed by atoms with E-state index >= 15 is 0 Å². The van der Waals surface area contributed by atoms with E-state index < -0.39 is 52.5 Å². The van der Waals surface area contributed by atoms with Crippen LogP contribution in [0, 0.1) is 0 Å². The fraction of sp³-hybridized carbons (Fsp3) is 0.714. The van der Waals surface area contributed by atoms with E-state index in [1.807, 2.05) is 0 Å². The number of ether oxygens (including phenoxy) is 1. The van der Waals surface area contributed by atoms with Crippen LogP contribution in [-0.2, 0) is 27.2 Å². The highest BCUT2D eigenvalue weighted by Crippen LogP contribution is 2.61. The molecule has 3 unspecified atom stereocenters. The summed E-state index contributed by atoms with van der Waals surface area (Å²) in [5.74, 6) is -0.0595. The Hall–Kier alpha value is -1.22. The van der Waals surface area contributed by atoms with E-state index in [4.69, 9.17) is 29.3 Å². The molecule has 17 heteroatoms. The summed E-state index contributed by atoms with van der Waals surface area (Å²) in [5, 5.41) is 20.4. The van der Waals surface area contributed by atoms with Gasteiger partial charge in [0, 0.05) is 6.20 Å². The fourth-order valence-electron chi connectivity index (χ4n) is 2.52. The summed E-state index contributed by atoms with van der Waals surface area (Å²) in [7, 11) is -4.63. The summed E-state index contributed by atoms with van der Waals surface area (Å²) in [6.07, 6.45) is -4.72. The van der Waals surface area contributed by atoms with Gasteiger partial charge in [-0.1, -0.05) is 0 Å². The fourth-order valence-corrected chi connectivity index (χ4v) is 4.65. The molecule has 178 valence electrons. The highest BCUT2D eigenvalue weighted by Gasteiger charge is 2.46. The van der Waals surface area contributed by atoms with E-state index in [9.17, 15) is 24.1 Å². The SMILES string of the molecule is C[N+](C)(C)CCOP(=O)(OC[C@H]1O[C@@H](n2ccc(N)nc2=O)C(O)C1O)OP(=O)(O)O. The van der Waals surface area contributed by atoms with Crippen LogP contribution in [0.15, 0.2) is 17.1 Å². The van der Waals surface area contributed by atoms with E-state index in [0.29, 0.717) is 11.0 Å². The zero-order valence-electron chi connectivity index (χ0n) is 17.0. The summed E-state index contributed by atoms with van der Waals surface area (Å²) in [4.78, 5) is 33.5. The second kappa shape index (κ2) is 9.73. The van der Waals surface area contributed by atoms with Crippen molar-refractivity contribution < 1.29 is 51.7 Å². The van der Waals surface area contributed by atoms with Crippen LogP contribution in [0.3, 0.4) is 0 Å². The number of nitrogen functional groups attached to an aromatic ring is 1. The van der Waals surface area contributed by atoms with Crippen molar-refractivity contribution in [3.8, 4) is 0 Å². The van der Waals surface area contributed by atoms with Crippen molar-refractivity contribution in [2.75, 3.05) is 46.6 Å². The molecule has 2 rings (SSSR count). The second-order valence-corrected chi connectivity index (χ2v) is 10.8. The lowest BCUT2D eigenvalue weighted by atomic mass is 10.1. The molecule has 1 saturated heterocycles. The van der Waals surface area contributed by atoms with Gasteiger partial charge >= 0.3 is 21.3 Å². The third-order valence-electron chi connectivity index (χ3n) is 4.08. The molecule has 0 bridgehead atoms. The first-order valence-corrected chi connectivity index (χ1v) is 11.9. The molecule has 1 aromatic rings. The van der Waals surface area contributed by atoms with Gasteiger partial charge in [-0.05, 0) is 6.07 Å². The van der Waals surface area contributed by atoms with Gasteiger partial charge in [-0.25, -0.2) is 13.9 Å². The molecule has 6 N–H and O–H groups in total. The normalized spacial score (nSPS) is 26.7. The molecule has 15 nitrogen and oxygen atoms in total.